The van der Waals surface area contributed by atoms with Gasteiger partial charge in [0.05, 0.1) is 4.92 Å². The van der Waals surface area contributed by atoms with Gasteiger partial charge in [-0.15, -0.1) is 0 Å². The van der Waals surface area contributed by atoms with Gasteiger partial charge in [-0.2, -0.15) is 0 Å². The van der Waals surface area contributed by atoms with E-state index in [2.05, 4.69) is 0 Å². The smallest absolute Gasteiger partial charge is 0.283 e. The first-order valence-corrected chi connectivity index (χ1v) is 6.67. The van der Waals surface area contributed by atoms with Gasteiger partial charge in [-0.3, -0.25) is 14.9 Å². The number of benzene rings is 1. The number of amides is 1. The summed E-state index contributed by atoms with van der Waals surface area (Å²) in [7, 11) is 0. The Morgan fingerprint density at radius 2 is 2.30 bits per heavy atom. The maximum absolute atomic E-state index is 12.4. The first-order valence-electron chi connectivity index (χ1n) is 6.29. The molecule has 1 unspecified atom stereocenters. The molecule has 6 nitrogen and oxygen atoms in total. The Balaban J connectivity index is 2.29. The lowest BCUT2D eigenvalue weighted by molar-refractivity contribution is -0.385. The van der Waals surface area contributed by atoms with Gasteiger partial charge < -0.3 is 10.6 Å². The highest BCUT2D eigenvalue weighted by Crippen LogP contribution is 2.31. The van der Waals surface area contributed by atoms with Crippen LogP contribution in [0.25, 0.3) is 0 Å². The number of likely N-dealkylation sites (tertiary alicyclic amines) is 1. The van der Waals surface area contributed by atoms with Crippen LogP contribution >= 0.6 is 11.6 Å². The van der Waals surface area contributed by atoms with E-state index in [1.165, 1.54) is 18.2 Å². The summed E-state index contributed by atoms with van der Waals surface area (Å²) in [5, 5.41) is 11.3. The number of carbonyl (C=O) groups is 1. The van der Waals surface area contributed by atoms with Crippen molar-refractivity contribution < 1.29 is 9.72 Å². The van der Waals surface area contributed by atoms with Crippen molar-refractivity contribution in [2.75, 3.05) is 19.6 Å². The van der Waals surface area contributed by atoms with E-state index in [4.69, 9.17) is 17.3 Å². The second kappa shape index (κ2) is 5.38. The lowest BCUT2D eigenvalue weighted by Crippen LogP contribution is -2.34. The van der Waals surface area contributed by atoms with E-state index in [1.807, 2.05) is 6.92 Å². The Morgan fingerprint density at radius 3 is 2.85 bits per heavy atom. The zero-order valence-electron chi connectivity index (χ0n) is 11.1. The average molecular weight is 298 g/mol. The van der Waals surface area contributed by atoms with Gasteiger partial charge in [0.2, 0.25) is 0 Å². The quantitative estimate of drug-likeness (QED) is 0.683. The molecule has 0 bridgehead atoms. The van der Waals surface area contributed by atoms with Gasteiger partial charge in [0.25, 0.3) is 11.6 Å². The standard InChI is InChI=1S/C13H16ClN3O3/c1-13(7-15)4-5-16(8-13)12(18)10-3-2-9(14)6-11(10)17(19)20/h2-3,6H,4-5,7-8,15H2,1H3. The van der Waals surface area contributed by atoms with Crippen molar-refractivity contribution in [2.24, 2.45) is 11.1 Å². The number of halogens is 1. The molecule has 0 aliphatic carbocycles. The lowest BCUT2D eigenvalue weighted by atomic mass is 9.90. The summed E-state index contributed by atoms with van der Waals surface area (Å²) in [6.45, 7) is 3.57. The highest BCUT2D eigenvalue weighted by Gasteiger charge is 2.36. The molecule has 0 aromatic heterocycles. The Morgan fingerprint density at radius 1 is 1.60 bits per heavy atom. The predicted molar refractivity (Wildman–Crippen MR) is 75.8 cm³/mol. The summed E-state index contributed by atoms with van der Waals surface area (Å²) in [4.78, 5) is 24.5. The molecule has 108 valence electrons. The number of nitro groups is 1. The summed E-state index contributed by atoms with van der Waals surface area (Å²) >= 11 is 5.75. The molecule has 2 N–H and O–H groups in total. The number of hydrogen-bond donors (Lipinski definition) is 1. The highest BCUT2D eigenvalue weighted by molar-refractivity contribution is 6.31. The summed E-state index contributed by atoms with van der Waals surface area (Å²) in [5.74, 6) is -0.342. The van der Waals surface area contributed by atoms with Crippen LogP contribution in [0.15, 0.2) is 18.2 Å². The molecule has 1 fully saturated rings. The number of nitro benzene ring substituents is 1. The summed E-state index contributed by atoms with van der Waals surface area (Å²) in [6, 6.07) is 4.09. The van der Waals surface area contributed by atoms with Crippen molar-refractivity contribution in [3.8, 4) is 0 Å². The largest absolute Gasteiger partial charge is 0.338 e. The second-order valence-electron chi connectivity index (χ2n) is 5.41. The van der Waals surface area contributed by atoms with Crippen LogP contribution in [0.3, 0.4) is 0 Å². The minimum atomic E-state index is -0.586. The van der Waals surface area contributed by atoms with Gasteiger partial charge in [0, 0.05) is 24.2 Å². The number of carbonyl (C=O) groups excluding carboxylic acids is 1. The normalized spacial score (nSPS) is 22.1. The fraction of sp³-hybridized carbons (Fsp3) is 0.462. The van der Waals surface area contributed by atoms with Crippen molar-refractivity contribution in [3.63, 3.8) is 0 Å². The Kier molecular flexibility index (Phi) is 3.96. The van der Waals surface area contributed by atoms with E-state index in [0.29, 0.717) is 19.6 Å². The van der Waals surface area contributed by atoms with Gasteiger partial charge in [-0.05, 0) is 30.5 Å². The minimum Gasteiger partial charge on any atom is -0.338 e. The monoisotopic (exact) mass is 297 g/mol. The van der Waals surface area contributed by atoms with Crippen molar-refractivity contribution in [1.82, 2.24) is 4.90 Å². The van der Waals surface area contributed by atoms with Gasteiger partial charge in [0.1, 0.15) is 5.56 Å². The zero-order chi connectivity index (χ0) is 14.9. The molecule has 1 aromatic rings. The van der Waals surface area contributed by atoms with E-state index < -0.39 is 4.92 Å². The number of nitrogens with zero attached hydrogens (tertiary/aromatic N) is 2. The SMILES string of the molecule is CC1(CN)CCN(C(=O)c2ccc(Cl)cc2[N+](=O)[O-])C1. The fourth-order valence-electron chi connectivity index (χ4n) is 2.37. The van der Waals surface area contributed by atoms with E-state index in [9.17, 15) is 14.9 Å². The van der Waals surface area contributed by atoms with Gasteiger partial charge in [-0.25, -0.2) is 0 Å². The molecular formula is C13H16ClN3O3. The molecule has 1 aliphatic heterocycles. The van der Waals surface area contributed by atoms with Crippen LogP contribution in [0.4, 0.5) is 5.69 Å². The molecular weight excluding hydrogens is 282 g/mol. The molecule has 0 spiro atoms. The molecule has 1 heterocycles. The van der Waals surface area contributed by atoms with Crippen LogP contribution in [0.5, 0.6) is 0 Å². The lowest BCUT2D eigenvalue weighted by Gasteiger charge is -2.22. The van der Waals surface area contributed by atoms with Crippen molar-refractivity contribution >= 4 is 23.2 Å². The summed E-state index contributed by atoms with van der Waals surface area (Å²) in [6.07, 6.45) is 0.802. The Hall–Kier alpha value is -1.66. The Labute approximate surface area is 121 Å². The third-order valence-electron chi connectivity index (χ3n) is 3.72. The Bertz CT molecular complexity index is 564. The van der Waals surface area contributed by atoms with E-state index in [0.717, 1.165) is 6.42 Å². The van der Waals surface area contributed by atoms with E-state index in [-0.39, 0.29) is 27.6 Å². The number of nitrogens with two attached hydrogens (primary N) is 1. The maximum Gasteiger partial charge on any atom is 0.283 e. The van der Waals surface area contributed by atoms with Crippen LogP contribution in [-0.4, -0.2) is 35.4 Å². The maximum atomic E-state index is 12.4. The van der Waals surface area contributed by atoms with Crippen LogP contribution in [0.1, 0.15) is 23.7 Å². The molecule has 1 aliphatic rings. The molecule has 1 aromatic carbocycles. The molecule has 0 radical (unpaired) electrons. The van der Waals surface area contributed by atoms with E-state index >= 15 is 0 Å². The third-order valence-corrected chi connectivity index (χ3v) is 3.96. The highest BCUT2D eigenvalue weighted by atomic mass is 35.5. The van der Waals surface area contributed by atoms with Crippen molar-refractivity contribution in [2.45, 2.75) is 13.3 Å². The summed E-state index contributed by atoms with van der Waals surface area (Å²) < 4.78 is 0. The summed E-state index contributed by atoms with van der Waals surface area (Å²) in [5.41, 5.74) is 5.40. The molecule has 0 saturated carbocycles. The predicted octanol–water partition coefficient (Wildman–Crippen LogP) is 2.06. The van der Waals surface area contributed by atoms with Crippen LogP contribution in [-0.2, 0) is 0 Å². The van der Waals surface area contributed by atoms with E-state index in [1.54, 1.807) is 4.90 Å². The van der Waals surface area contributed by atoms with Crippen LogP contribution in [0, 0.1) is 15.5 Å². The first kappa shape index (κ1) is 14.7. The van der Waals surface area contributed by atoms with Crippen molar-refractivity contribution in [3.05, 3.63) is 38.9 Å². The first-order chi connectivity index (χ1) is 9.36. The van der Waals surface area contributed by atoms with Gasteiger partial charge >= 0.3 is 0 Å². The molecule has 2 rings (SSSR count). The topological polar surface area (TPSA) is 89.5 Å². The van der Waals surface area contributed by atoms with Gasteiger partial charge in [-0.1, -0.05) is 18.5 Å². The molecule has 20 heavy (non-hydrogen) atoms. The van der Waals surface area contributed by atoms with Crippen LogP contribution < -0.4 is 5.73 Å². The minimum absolute atomic E-state index is 0.0701. The van der Waals surface area contributed by atoms with Gasteiger partial charge in [0.15, 0.2) is 0 Å². The third kappa shape index (κ3) is 2.76. The average Bonchev–Trinajstić information content (AvgIpc) is 2.81. The second-order valence-corrected chi connectivity index (χ2v) is 5.85. The molecule has 7 heteroatoms. The number of hydrogen-bond acceptors (Lipinski definition) is 4. The molecule has 1 amide bonds. The van der Waals surface area contributed by atoms with Crippen molar-refractivity contribution in [1.29, 1.82) is 0 Å². The zero-order valence-corrected chi connectivity index (χ0v) is 11.9. The molecule has 1 atom stereocenters. The van der Waals surface area contributed by atoms with Crippen LogP contribution in [0.2, 0.25) is 5.02 Å². The number of rotatable bonds is 3. The fourth-order valence-corrected chi connectivity index (χ4v) is 2.54. The molecule has 1 saturated heterocycles.